The number of ether oxygens (including phenoxy) is 1. The summed E-state index contributed by atoms with van der Waals surface area (Å²) in [7, 11) is 0. The average Bonchev–Trinajstić information content (AvgIpc) is 2.53. The minimum Gasteiger partial charge on any atom is -0.462 e. The molecule has 0 fully saturated rings. The van der Waals surface area contributed by atoms with Crippen molar-refractivity contribution >= 4 is 17.7 Å². The summed E-state index contributed by atoms with van der Waals surface area (Å²) in [4.78, 5) is 30.5. The molecule has 0 aliphatic heterocycles. The number of aliphatic hydroxyl groups is 1. The Morgan fingerprint density at radius 2 is 1.69 bits per heavy atom. The quantitative estimate of drug-likeness (QED) is 0.452. The van der Waals surface area contributed by atoms with Gasteiger partial charge in [0.15, 0.2) is 0 Å². The maximum absolute atomic E-state index is 10.8. The van der Waals surface area contributed by atoms with E-state index in [1.807, 2.05) is 0 Å². The van der Waals surface area contributed by atoms with E-state index in [2.05, 4.69) is 32.7 Å². The van der Waals surface area contributed by atoms with Crippen LogP contribution in [0.15, 0.2) is 25.3 Å². The highest BCUT2D eigenvalue weighted by Crippen LogP contribution is 2.12. The van der Waals surface area contributed by atoms with Crippen LogP contribution < -0.4 is 5.73 Å². The molecule has 0 aromatic carbocycles. The highest BCUT2D eigenvalue weighted by Gasteiger charge is 2.14. The molecule has 0 aliphatic carbocycles. The molecule has 0 aromatic rings. The first kappa shape index (κ1) is 28.8. The van der Waals surface area contributed by atoms with Crippen molar-refractivity contribution in [2.45, 2.75) is 72.3 Å². The molecular weight excluding hydrogens is 334 g/mol. The zero-order chi connectivity index (χ0) is 21.2. The van der Waals surface area contributed by atoms with E-state index in [0.717, 1.165) is 18.9 Å². The summed E-state index contributed by atoms with van der Waals surface area (Å²) < 4.78 is 4.98. The molecule has 6 nitrogen and oxygen atoms in total. The number of ketones is 1. The number of esters is 1. The Morgan fingerprint density at radius 1 is 1.19 bits per heavy atom. The third-order valence-electron chi connectivity index (χ3n) is 3.05. The Kier molecular flexibility index (Phi) is 19.8. The second-order valence-electron chi connectivity index (χ2n) is 6.55. The zero-order valence-electron chi connectivity index (χ0n) is 17.0. The van der Waals surface area contributed by atoms with Crippen LogP contribution in [0.5, 0.6) is 0 Å². The smallest absolute Gasteiger partial charge is 0.330 e. The van der Waals surface area contributed by atoms with Crippen LogP contribution in [0.3, 0.4) is 0 Å². The topological polar surface area (TPSA) is 107 Å². The van der Waals surface area contributed by atoms with Gasteiger partial charge in [-0.15, -0.1) is 0 Å². The number of carbonyl (C=O) groups excluding carboxylic acids is 3. The minimum absolute atomic E-state index is 0.0255. The average molecular weight is 372 g/mol. The maximum atomic E-state index is 10.8. The molecule has 0 bridgehead atoms. The van der Waals surface area contributed by atoms with Crippen LogP contribution in [0.25, 0.3) is 0 Å². The van der Waals surface area contributed by atoms with Crippen LogP contribution in [0, 0.1) is 5.92 Å². The molecule has 0 heterocycles. The molecule has 3 N–H and O–H groups in total. The third-order valence-corrected chi connectivity index (χ3v) is 3.05. The van der Waals surface area contributed by atoms with Gasteiger partial charge in [-0.05, 0) is 39.2 Å². The fraction of sp³-hybridized carbons (Fsp3) is 0.650. The van der Waals surface area contributed by atoms with Crippen molar-refractivity contribution < 1.29 is 24.2 Å². The molecule has 152 valence electrons. The van der Waals surface area contributed by atoms with Gasteiger partial charge < -0.3 is 15.6 Å². The maximum Gasteiger partial charge on any atom is 0.330 e. The number of primary amides is 1. The first-order valence-electron chi connectivity index (χ1n) is 8.86. The van der Waals surface area contributed by atoms with Crippen molar-refractivity contribution in [2.75, 3.05) is 6.61 Å². The van der Waals surface area contributed by atoms with Crippen molar-refractivity contribution in [2.24, 2.45) is 11.7 Å². The molecule has 0 aliphatic rings. The first-order chi connectivity index (χ1) is 11.9. The van der Waals surface area contributed by atoms with Crippen molar-refractivity contribution in [3.8, 4) is 0 Å². The molecule has 0 rings (SSSR count). The predicted octanol–water partition coefficient (Wildman–Crippen LogP) is 3.33. The van der Waals surface area contributed by atoms with Gasteiger partial charge in [-0.1, -0.05) is 46.3 Å². The van der Waals surface area contributed by atoms with Gasteiger partial charge in [-0.2, -0.15) is 0 Å². The third kappa shape index (κ3) is 30.0. The summed E-state index contributed by atoms with van der Waals surface area (Å²) in [6, 6.07) is 0. The molecule has 6 heteroatoms. The first-order valence-corrected chi connectivity index (χ1v) is 8.86. The highest BCUT2D eigenvalue weighted by atomic mass is 16.5. The Hall–Kier alpha value is -1.95. The number of hydrogen-bond acceptors (Lipinski definition) is 5. The molecule has 1 unspecified atom stereocenters. The lowest BCUT2D eigenvalue weighted by atomic mass is 10.0. The normalized spacial score (nSPS) is 10.8. The largest absolute Gasteiger partial charge is 0.462 e. The number of hydrogen-bond donors (Lipinski definition) is 2. The Morgan fingerprint density at radius 3 is 1.92 bits per heavy atom. The molecule has 1 amide bonds. The van der Waals surface area contributed by atoms with Gasteiger partial charge in [0.2, 0.25) is 5.91 Å². The second-order valence-corrected chi connectivity index (χ2v) is 6.55. The molecule has 0 radical (unpaired) electrons. The number of amides is 1. The summed E-state index contributed by atoms with van der Waals surface area (Å²) >= 11 is 0. The standard InChI is InChI=1S/C11H20O2.C6H12O2.C3H5NO/c1-4-7-8-10(5-2)9-13-11(12)6-3;1-5(7)4-6(2,3)8;1-2-3(4)5/h6,10H,3-5,7-9H2,1-2H3;8H,4H2,1-3H3;2H,1H2,(H2,4,5). The summed E-state index contributed by atoms with van der Waals surface area (Å²) in [6.45, 7) is 16.0. The molecule has 26 heavy (non-hydrogen) atoms. The fourth-order valence-corrected chi connectivity index (χ4v) is 1.77. The predicted molar refractivity (Wildman–Crippen MR) is 105 cm³/mol. The summed E-state index contributed by atoms with van der Waals surface area (Å²) in [5.41, 5.74) is 3.71. The van der Waals surface area contributed by atoms with E-state index >= 15 is 0 Å². The number of nitrogens with two attached hydrogens (primary N) is 1. The van der Waals surface area contributed by atoms with Gasteiger partial charge in [0.25, 0.3) is 0 Å². The number of rotatable bonds is 10. The van der Waals surface area contributed by atoms with E-state index in [-0.39, 0.29) is 18.2 Å². The minimum atomic E-state index is -0.828. The highest BCUT2D eigenvalue weighted by molar-refractivity contribution is 5.85. The Bertz CT molecular complexity index is 424. The number of carbonyl (C=O) groups is 3. The van der Waals surface area contributed by atoms with Crippen LogP contribution in [0.2, 0.25) is 0 Å². The van der Waals surface area contributed by atoms with Gasteiger partial charge in [0.05, 0.1) is 12.2 Å². The van der Waals surface area contributed by atoms with Crippen LogP contribution in [-0.4, -0.2) is 35.0 Å². The van der Waals surface area contributed by atoms with Gasteiger partial charge in [0.1, 0.15) is 5.78 Å². The second kappa shape index (κ2) is 17.9. The number of unbranched alkanes of at least 4 members (excludes halogenated alkanes) is 1. The molecule has 0 aromatic heterocycles. The lowest BCUT2D eigenvalue weighted by Crippen LogP contribution is -2.21. The van der Waals surface area contributed by atoms with E-state index in [0.29, 0.717) is 12.5 Å². The monoisotopic (exact) mass is 371 g/mol. The molecular formula is C20H37NO5. The van der Waals surface area contributed by atoms with Gasteiger partial charge in [-0.3, -0.25) is 9.59 Å². The van der Waals surface area contributed by atoms with E-state index in [9.17, 15) is 14.4 Å². The molecule has 0 saturated heterocycles. The Labute approximate surface area is 158 Å². The molecule has 0 saturated carbocycles. The summed E-state index contributed by atoms with van der Waals surface area (Å²) in [6.07, 6.45) is 7.15. The fourth-order valence-electron chi connectivity index (χ4n) is 1.77. The SMILES string of the molecule is C=CC(=O)OCC(CC)CCCC.C=CC(N)=O.CC(=O)CC(C)(C)O. The summed E-state index contributed by atoms with van der Waals surface area (Å²) in [5, 5.41) is 8.97. The van der Waals surface area contributed by atoms with E-state index in [1.54, 1.807) is 13.8 Å². The van der Waals surface area contributed by atoms with Gasteiger partial charge in [-0.25, -0.2) is 4.79 Å². The van der Waals surface area contributed by atoms with Gasteiger partial charge in [0, 0.05) is 12.5 Å². The summed E-state index contributed by atoms with van der Waals surface area (Å²) in [5.74, 6) is -0.249. The van der Waals surface area contributed by atoms with Crippen molar-refractivity contribution in [1.29, 1.82) is 0 Å². The van der Waals surface area contributed by atoms with Crippen LogP contribution in [-0.2, 0) is 19.1 Å². The van der Waals surface area contributed by atoms with Crippen LogP contribution >= 0.6 is 0 Å². The van der Waals surface area contributed by atoms with Crippen molar-refractivity contribution in [1.82, 2.24) is 0 Å². The number of Topliss-reactive ketones (excluding diaryl/α,β-unsaturated/α-hetero) is 1. The zero-order valence-corrected chi connectivity index (χ0v) is 17.0. The Balaban J connectivity index is -0.000000346. The van der Waals surface area contributed by atoms with Crippen LogP contribution in [0.1, 0.15) is 66.7 Å². The molecule has 0 spiro atoms. The van der Waals surface area contributed by atoms with E-state index in [1.165, 1.54) is 25.8 Å². The lowest BCUT2D eigenvalue weighted by Gasteiger charge is -2.13. The van der Waals surface area contributed by atoms with Crippen LogP contribution in [0.4, 0.5) is 0 Å². The van der Waals surface area contributed by atoms with Crippen molar-refractivity contribution in [3.05, 3.63) is 25.3 Å². The van der Waals surface area contributed by atoms with Gasteiger partial charge >= 0.3 is 5.97 Å². The van der Waals surface area contributed by atoms with E-state index in [4.69, 9.17) is 9.84 Å². The molecule has 1 atom stereocenters. The van der Waals surface area contributed by atoms with Crippen molar-refractivity contribution in [3.63, 3.8) is 0 Å². The van der Waals surface area contributed by atoms with E-state index < -0.39 is 11.5 Å². The lowest BCUT2D eigenvalue weighted by molar-refractivity contribution is -0.139.